The van der Waals surface area contributed by atoms with Gasteiger partial charge in [0.15, 0.2) is 0 Å². The standard InChI is InChI=1S/C23H21ClN6O3/c24-15-3-6-19(27-12-15)33-17-4-1-14(2-5-17)20-18(11-25)21(26)30(28-20)16-7-8-23(9-10-23)29(13-16)22(31)32/h1-6,12,16H,7-10,13,26H2,(H,31,32). The van der Waals surface area contributed by atoms with Crippen molar-refractivity contribution in [2.24, 2.45) is 0 Å². The SMILES string of the molecule is N#Cc1c(-c2ccc(Oc3ccc(Cl)cn3)cc2)nn(C2CCC3(CC3)N(C(=O)O)C2)c1N. The lowest BCUT2D eigenvalue weighted by Crippen LogP contribution is -2.48. The lowest BCUT2D eigenvalue weighted by atomic mass is 9.96. The lowest BCUT2D eigenvalue weighted by molar-refractivity contribution is 0.0766. The zero-order valence-corrected chi connectivity index (χ0v) is 18.4. The molecular weight excluding hydrogens is 444 g/mol. The highest BCUT2D eigenvalue weighted by Gasteiger charge is 2.53. The second kappa shape index (κ2) is 7.98. The molecule has 3 heterocycles. The van der Waals surface area contributed by atoms with Crippen LogP contribution in [0.2, 0.25) is 5.02 Å². The maximum Gasteiger partial charge on any atom is 0.407 e. The first kappa shape index (κ1) is 21.1. The van der Waals surface area contributed by atoms with E-state index in [1.807, 2.05) is 0 Å². The summed E-state index contributed by atoms with van der Waals surface area (Å²) in [5, 5.41) is 24.6. The number of aromatic nitrogens is 3. The van der Waals surface area contributed by atoms with Gasteiger partial charge in [0.1, 0.15) is 28.9 Å². The Morgan fingerprint density at radius 1 is 1.24 bits per heavy atom. The maximum atomic E-state index is 11.8. The zero-order chi connectivity index (χ0) is 23.2. The van der Waals surface area contributed by atoms with Gasteiger partial charge in [-0.1, -0.05) is 11.6 Å². The summed E-state index contributed by atoms with van der Waals surface area (Å²) in [4.78, 5) is 17.4. The number of nitrogens with zero attached hydrogens (tertiary/aromatic N) is 5. The average molecular weight is 465 g/mol. The van der Waals surface area contributed by atoms with Crippen molar-refractivity contribution < 1.29 is 14.6 Å². The van der Waals surface area contributed by atoms with Crippen LogP contribution in [-0.4, -0.2) is 42.9 Å². The third-order valence-electron chi connectivity index (χ3n) is 6.42. The smallest absolute Gasteiger partial charge is 0.407 e. The monoisotopic (exact) mass is 464 g/mol. The minimum Gasteiger partial charge on any atom is -0.465 e. The van der Waals surface area contributed by atoms with E-state index in [1.54, 1.807) is 41.1 Å². The Bertz CT molecular complexity index is 1240. The Morgan fingerprint density at radius 2 is 2.00 bits per heavy atom. The number of hydrogen-bond acceptors (Lipinski definition) is 6. The van der Waals surface area contributed by atoms with Gasteiger partial charge in [-0.05, 0) is 56.0 Å². The number of nitrogens with two attached hydrogens (primary N) is 1. The normalized spacial score (nSPS) is 18.7. The predicted octanol–water partition coefficient (Wildman–Crippen LogP) is 4.69. The fraction of sp³-hybridized carbons (Fsp3) is 0.304. The molecule has 1 aliphatic heterocycles. The first-order valence-corrected chi connectivity index (χ1v) is 11.0. The number of hydrogen-bond donors (Lipinski definition) is 2. The fourth-order valence-electron chi connectivity index (χ4n) is 4.47. The van der Waals surface area contributed by atoms with Gasteiger partial charge < -0.3 is 20.5 Å². The van der Waals surface area contributed by atoms with Crippen LogP contribution in [0.5, 0.6) is 11.6 Å². The Kier molecular flexibility index (Phi) is 5.10. The van der Waals surface area contributed by atoms with Gasteiger partial charge in [-0.2, -0.15) is 10.4 Å². The van der Waals surface area contributed by atoms with E-state index in [9.17, 15) is 15.2 Å². The minimum absolute atomic E-state index is 0.216. The molecule has 3 N–H and O–H groups in total. The lowest BCUT2D eigenvalue weighted by Gasteiger charge is -2.38. The maximum absolute atomic E-state index is 11.8. The summed E-state index contributed by atoms with van der Waals surface area (Å²) in [6.45, 7) is 0.312. The van der Waals surface area contributed by atoms with E-state index in [0.717, 1.165) is 25.7 Å². The third kappa shape index (κ3) is 3.83. The van der Waals surface area contributed by atoms with E-state index in [0.29, 0.717) is 34.5 Å². The summed E-state index contributed by atoms with van der Waals surface area (Å²) < 4.78 is 7.33. The Balaban J connectivity index is 1.40. The molecule has 5 rings (SSSR count). The summed E-state index contributed by atoms with van der Waals surface area (Å²) >= 11 is 5.85. The molecule has 10 heteroatoms. The van der Waals surface area contributed by atoms with Crippen LogP contribution in [-0.2, 0) is 0 Å². The van der Waals surface area contributed by atoms with Crippen LogP contribution in [0.4, 0.5) is 10.6 Å². The molecule has 2 aromatic heterocycles. The summed E-state index contributed by atoms with van der Waals surface area (Å²) in [7, 11) is 0. The van der Waals surface area contributed by atoms with Crippen molar-refractivity contribution >= 4 is 23.5 Å². The first-order valence-electron chi connectivity index (χ1n) is 10.6. The number of rotatable bonds is 4. The molecule has 0 radical (unpaired) electrons. The Labute approximate surface area is 195 Å². The molecule has 1 atom stereocenters. The van der Waals surface area contributed by atoms with Crippen molar-refractivity contribution in [1.82, 2.24) is 19.7 Å². The second-order valence-corrected chi connectivity index (χ2v) is 8.85. The number of ether oxygens (including phenoxy) is 1. The van der Waals surface area contributed by atoms with Crippen molar-refractivity contribution in [3.63, 3.8) is 0 Å². The topological polar surface area (TPSA) is 130 Å². The number of pyridine rings is 1. The number of nitrogen functional groups attached to an aromatic ring is 1. The highest BCUT2D eigenvalue weighted by Crippen LogP contribution is 2.50. The number of halogens is 1. The number of nitriles is 1. The molecule has 2 aliphatic rings. The van der Waals surface area contributed by atoms with Crippen LogP contribution in [0.3, 0.4) is 0 Å². The summed E-state index contributed by atoms with van der Waals surface area (Å²) in [5.41, 5.74) is 7.52. The van der Waals surface area contributed by atoms with Gasteiger partial charge in [-0.25, -0.2) is 14.5 Å². The van der Waals surface area contributed by atoms with Crippen LogP contribution >= 0.6 is 11.6 Å². The molecule has 2 fully saturated rings. The molecule has 9 nitrogen and oxygen atoms in total. The van der Waals surface area contributed by atoms with Gasteiger partial charge in [-0.3, -0.25) is 0 Å². The number of benzene rings is 1. The van der Waals surface area contributed by atoms with E-state index < -0.39 is 6.09 Å². The van der Waals surface area contributed by atoms with Gasteiger partial charge in [0, 0.05) is 29.9 Å². The number of piperidine rings is 1. The molecule has 1 saturated heterocycles. The Hall–Kier alpha value is -3.77. The highest BCUT2D eigenvalue weighted by molar-refractivity contribution is 6.30. The Morgan fingerprint density at radius 3 is 2.61 bits per heavy atom. The van der Waals surface area contributed by atoms with Crippen LogP contribution in [0, 0.1) is 11.3 Å². The average Bonchev–Trinajstić information content (AvgIpc) is 3.50. The zero-order valence-electron chi connectivity index (χ0n) is 17.6. The van der Waals surface area contributed by atoms with E-state index in [2.05, 4.69) is 16.2 Å². The van der Waals surface area contributed by atoms with Crippen molar-refractivity contribution in [2.75, 3.05) is 12.3 Å². The van der Waals surface area contributed by atoms with E-state index in [-0.39, 0.29) is 23.0 Å². The van der Waals surface area contributed by atoms with Gasteiger partial charge >= 0.3 is 6.09 Å². The van der Waals surface area contributed by atoms with Crippen LogP contribution in [0.1, 0.15) is 37.3 Å². The number of carboxylic acid groups (broad SMARTS) is 1. The number of likely N-dealkylation sites (tertiary alicyclic amines) is 1. The molecule has 1 aromatic carbocycles. The first-order chi connectivity index (χ1) is 15.9. The molecule has 1 saturated carbocycles. The fourth-order valence-corrected chi connectivity index (χ4v) is 4.58. The van der Waals surface area contributed by atoms with Gasteiger partial charge in [0.05, 0.1) is 11.1 Å². The van der Waals surface area contributed by atoms with E-state index >= 15 is 0 Å². The highest BCUT2D eigenvalue weighted by atomic mass is 35.5. The predicted molar refractivity (Wildman–Crippen MR) is 121 cm³/mol. The van der Waals surface area contributed by atoms with Gasteiger partial charge in [-0.15, -0.1) is 0 Å². The molecule has 1 unspecified atom stereocenters. The number of anilines is 1. The van der Waals surface area contributed by atoms with Crippen LogP contribution in [0.15, 0.2) is 42.6 Å². The van der Waals surface area contributed by atoms with Gasteiger partial charge in [0.25, 0.3) is 0 Å². The van der Waals surface area contributed by atoms with Crippen LogP contribution < -0.4 is 10.5 Å². The number of carbonyl (C=O) groups is 1. The molecular formula is C23H21ClN6O3. The summed E-state index contributed by atoms with van der Waals surface area (Å²) in [6.07, 6.45) is 3.91. The van der Waals surface area contributed by atoms with Crippen molar-refractivity contribution in [3.05, 3.63) is 53.2 Å². The summed E-state index contributed by atoms with van der Waals surface area (Å²) in [6, 6.07) is 12.4. The molecule has 3 aromatic rings. The van der Waals surface area contributed by atoms with Crippen molar-refractivity contribution in [3.8, 4) is 29.0 Å². The summed E-state index contributed by atoms with van der Waals surface area (Å²) in [5.74, 6) is 1.23. The molecule has 0 bridgehead atoms. The molecule has 1 amide bonds. The third-order valence-corrected chi connectivity index (χ3v) is 6.65. The molecule has 1 spiro atoms. The van der Waals surface area contributed by atoms with Crippen molar-refractivity contribution in [1.29, 1.82) is 5.26 Å². The number of amides is 1. The molecule has 33 heavy (non-hydrogen) atoms. The quantitative estimate of drug-likeness (QED) is 0.572. The minimum atomic E-state index is -0.922. The van der Waals surface area contributed by atoms with E-state index in [4.69, 9.17) is 22.1 Å². The largest absolute Gasteiger partial charge is 0.465 e. The van der Waals surface area contributed by atoms with Crippen LogP contribution in [0.25, 0.3) is 11.3 Å². The molecule has 168 valence electrons. The van der Waals surface area contributed by atoms with Gasteiger partial charge in [0.2, 0.25) is 5.88 Å². The van der Waals surface area contributed by atoms with Crippen molar-refractivity contribution in [2.45, 2.75) is 37.3 Å². The second-order valence-electron chi connectivity index (χ2n) is 8.42. The van der Waals surface area contributed by atoms with E-state index in [1.165, 1.54) is 11.1 Å². The molecule has 1 aliphatic carbocycles.